The van der Waals surface area contributed by atoms with Crippen molar-refractivity contribution in [2.24, 2.45) is 0 Å². The number of hydrogen-bond acceptors (Lipinski definition) is 4. The van der Waals surface area contributed by atoms with Gasteiger partial charge in [-0.15, -0.1) is 0 Å². The molecule has 1 aromatic rings. The first-order valence-electron chi connectivity index (χ1n) is 6.98. The fraction of sp³-hybridized carbons (Fsp3) is 0.625. The highest BCUT2D eigenvalue weighted by Crippen LogP contribution is 2.19. The molecule has 0 heterocycles. The smallest absolute Gasteiger partial charge is 0.122 e. The van der Waals surface area contributed by atoms with Crippen molar-refractivity contribution in [3.05, 3.63) is 29.3 Å². The van der Waals surface area contributed by atoms with Crippen LogP contribution < -0.4 is 10.1 Å². The van der Waals surface area contributed by atoms with E-state index in [1.807, 2.05) is 45.9 Å². The van der Waals surface area contributed by atoms with E-state index in [0.717, 1.165) is 16.9 Å². The molecule has 0 aliphatic carbocycles. The molecule has 114 valence electrons. The molecule has 0 saturated carbocycles. The highest BCUT2D eigenvalue weighted by Gasteiger charge is 2.16. The Balaban J connectivity index is 2.33. The van der Waals surface area contributed by atoms with Crippen molar-refractivity contribution in [3.63, 3.8) is 0 Å². The maximum atomic E-state index is 9.91. The maximum absolute atomic E-state index is 9.91. The highest BCUT2D eigenvalue weighted by molar-refractivity contribution is 5.35. The Labute approximate surface area is 122 Å². The average Bonchev–Trinajstić information content (AvgIpc) is 2.39. The normalized spacial score (nSPS) is 13.3. The molecule has 2 N–H and O–H groups in total. The second-order valence-corrected chi connectivity index (χ2v) is 5.83. The summed E-state index contributed by atoms with van der Waals surface area (Å²) in [6.45, 7) is 9.47. The van der Waals surface area contributed by atoms with Crippen LogP contribution >= 0.6 is 0 Å². The van der Waals surface area contributed by atoms with Crippen molar-refractivity contribution in [1.82, 2.24) is 5.32 Å². The molecule has 0 spiro atoms. The first-order chi connectivity index (χ1) is 9.34. The Hall–Kier alpha value is -1.10. The molecule has 0 bridgehead atoms. The van der Waals surface area contributed by atoms with Crippen LogP contribution in [-0.4, -0.2) is 43.6 Å². The Morgan fingerprint density at radius 2 is 2.00 bits per heavy atom. The van der Waals surface area contributed by atoms with Crippen LogP contribution in [0.1, 0.15) is 25.0 Å². The third-order valence-corrected chi connectivity index (χ3v) is 3.26. The molecule has 1 rings (SSSR count). The van der Waals surface area contributed by atoms with Crippen molar-refractivity contribution in [3.8, 4) is 5.75 Å². The SMILES string of the molecule is COC(C)(C)CNCC(O)COc1cc(C)ccc1C. The molecule has 0 aliphatic rings. The van der Waals surface area contributed by atoms with Gasteiger partial charge in [-0.2, -0.15) is 0 Å². The van der Waals surface area contributed by atoms with E-state index in [-0.39, 0.29) is 12.2 Å². The second kappa shape index (κ2) is 7.62. The minimum Gasteiger partial charge on any atom is -0.491 e. The number of aryl methyl sites for hydroxylation is 2. The van der Waals surface area contributed by atoms with Crippen LogP contribution in [0.3, 0.4) is 0 Å². The van der Waals surface area contributed by atoms with Gasteiger partial charge in [-0.05, 0) is 44.9 Å². The summed E-state index contributed by atoms with van der Waals surface area (Å²) in [5.74, 6) is 0.835. The summed E-state index contributed by atoms with van der Waals surface area (Å²) in [5.41, 5.74) is 2.00. The Kier molecular flexibility index (Phi) is 6.46. The quantitative estimate of drug-likeness (QED) is 0.766. The van der Waals surface area contributed by atoms with Gasteiger partial charge < -0.3 is 19.9 Å². The zero-order valence-corrected chi connectivity index (χ0v) is 13.2. The van der Waals surface area contributed by atoms with Crippen molar-refractivity contribution in [1.29, 1.82) is 0 Å². The Morgan fingerprint density at radius 3 is 2.65 bits per heavy atom. The van der Waals surface area contributed by atoms with Gasteiger partial charge in [0, 0.05) is 20.2 Å². The Morgan fingerprint density at radius 1 is 1.30 bits per heavy atom. The topological polar surface area (TPSA) is 50.7 Å². The summed E-state index contributed by atoms with van der Waals surface area (Å²) < 4.78 is 11.0. The molecule has 0 saturated heterocycles. The Bertz CT molecular complexity index is 418. The van der Waals surface area contributed by atoms with E-state index in [2.05, 4.69) is 5.32 Å². The molecule has 4 heteroatoms. The molecule has 20 heavy (non-hydrogen) atoms. The van der Waals surface area contributed by atoms with E-state index in [1.165, 1.54) is 0 Å². The molecule has 0 radical (unpaired) electrons. The fourth-order valence-electron chi connectivity index (χ4n) is 1.72. The average molecular weight is 281 g/mol. The van der Waals surface area contributed by atoms with Crippen LogP contribution in [-0.2, 0) is 4.74 Å². The van der Waals surface area contributed by atoms with Gasteiger partial charge in [-0.25, -0.2) is 0 Å². The van der Waals surface area contributed by atoms with E-state index in [1.54, 1.807) is 7.11 Å². The van der Waals surface area contributed by atoms with Gasteiger partial charge >= 0.3 is 0 Å². The van der Waals surface area contributed by atoms with E-state index < -0.39 is 6.10 Å². The third-order valence-electron chi connectivity index (χ3n) is 3.26. The molecule has 1 unspecified atom stereocenters. The van der Waals surface area contributed by atoms with E-state index in [9.17, 15) is 5.11 Å². The van der Waals surface area contributed by atoms with Gasteiger partial charge in [0.25, 0.3) is 0 Å². The lowest BCUT2D eigenvalue weighted by atomic mass is 10.1. The van der Waals surface area contributed by atoms with E-state index >= 15 is 0 Å². The number of aliphatic hydroxyl groups is 1. The van der Waals surface area contributed by atoms with E-state index in [4.69, 9.17) is 9.47 Å². The van der Waals surface area contributed by atoms with Gasteiger partial charge in [0.05, 0.1) is 5.60 Å². The molecular formula is C16H27NO3. The van der Waals surface area contributed by atoms with Crippen LogP contribution in [0, 0.1) is 13.8 Å². The number of nitrogens with one attached hydrogen (secondary N) is 1. The van der Waals surface area contributed by atoms with Crippen LogP contribution in [0.4, 0.5) is 0 Å². The minimum absolute atomic E-state index is 0.228. The van der Waals surface area contributed by atoms with Crippen molar-refractivity contribution >= 4 is 0 Å². The number of hydrogen-bond donors (Lipinski definition) is 2. The van der Waals surface area contributed by atoms with E-state index in [0.29, 0.717) is 13.1 Å². The summed E-state index contributed by atoms with van der Waals surface area (Å²) in [6, 6.07) is 6.06. The summed E-state index contributed by atoms with van der Waals surface area (Å²) in [7, 11) is 1.68. The molecule has 0 fully saturated rings. The van der Waals surface area contributed by atoms with Gasteiger partial charge in [-0.3, -0.25) is 0 Å². The summed E-state index contributed by atoms with van der Waals surface area (Å²) in [4.78, 5) is 0. The fourth-order valence-corrected chi connectivity index (χ4v) is 1.72. The number of ether oxygens (including phenoxy) is 2. The van der Waals surface area contributed by atoms with Crippen LogP contribution in [0.5, 0.6) is 5.75 Å². The lowest BCUT2D eigenvalue weighted by Gasteiger charge is -2.24. The molecule has 4 nitrogen and oxygen atoms in total. The standard InChI is InChI=1S/C16H27NO3/c1-12-6-7-13(2)15(8-12)20-10-14(18)9-17-11-16(3,4)19-5/h6-8,14,17-18H,9-11H2,1-5H3. The lowest BCUT2D eigenvalue weighted by molar-refractivity contribution is 0.0191. The van der Waals surface area contributed by atoms with Crippen LogP contribution in [0.25, 0.3) is 0 Å². The van der Waals surface area contributed by atoms with Crippen molar-refractivity contribution in [2.75, 3.05) is 26.8 Å². The largest absolute Gasteiger partial charge is 0.491 e. The highest BCUT2D eigenvalue weighted by atomic mass is 16.5. The lowest BCUT2D eigenvalue weighted by Crippen LogP contribution is -2.41. The summed E-state index contributed by atoms with van der Waals surface area (Å²) in [5, 5.41) is 13.1. The number of benzene rings is 1. The van der Waals surface area contributed by atoms with Crippen LogP contribution in [0.2, 0.25) is 0 Å². The third kappa shape index (κ3) is 5.90. The molecular weight excluding hydrogens is 254 g/mol. The first kappa shape index (κ1) is 17.0. The van der Waals surface area contributed by atoms with Crippen molar-refractivity contribution < 1.29 is 14.6 Å². The number of aliphatic hydroxyl groups excluding tert-OH is 1. The summed E-state index contributed by atoms with van der Waals surface area (Å²) in [6.07, 6.45) is -0.539. The molecule has 1 atom stereocenters. The van der Waals surface area contributed by atoms with Gasteiger partial charge in [0.15, 0.2) is 0 Å². The number of methoxy groups -OCH3 is 1. The van der Waals surface area contributed by atoms with Crippen molar-refractivity contribution in [2.45, 2.75) is 39.4 Å². The maximum Gasteiger partial charge on any atom is 0.122 e. The predicted octanol–water partition coefficient (Wildman–Crippen LogP) is 2.06. The second-order valence-electron chi connectivity index (χ2n) is 5.83. The van der Waals surface area contributed by atoms with Gasteiger partial charge in [0.1, 0.15) is 18.5 Å². The van der Waals surface area contributed by atoms with Crippen LogP contribution in [0.15, 0.2) is 18.2 Å². The summed E-state index contributed by atoms with van der Waals surface area (Å²) >= 11 is 0. The zero-order valence-electron chi connectivity index (χ0n) is 13.2. The number of rotatable bonds is 8. The zero-order chi connectivity index (χ0) is 15.2. The van der Waals surface area contributed by atoms with Gasteiger partial charge in [-0.1, -0.05) is 12.1 Å². The predicted molar refractivity (Wildman–Crippen MR) is 81.4 cm³/mol. The molecule has 1 aromatic carbocycles. The monoisotopic (exact) mass is 281 g/mol. The molecule has 0 amide bonds. The molecule has 0 aliphatic heterocycles. The molecule has 0 aromatic heterocycles. The first-order valence-corrected chi connectivity index (χ1v) is 6.98. The minimum atomic E-state index is -0.539. The van der Waals surface area contributed by atoms with Gasteiger partial charge in [0.2, 0.25) is 0 Å².